The van der Waals surface area contributed by atoms with Gasteiger partial charge in [0.15, 0.2) is 5.13 Å². The minimum atomic E-state index is -0.185. The summed E-state index contributed by atoms with van der Waals surface area (Å²) in [5.74, 6) is 0.515. The summed E-state index contributed by atoms with van der Waals surface area (Å²) in [4.78, 5) is 15.8. The van der Waals surface area contributed by atoms with Crippen LogP contribution in [0.4, 0.5) is 5.13 Å². The average molecular weight is 263 g/mol. The van der Waals surface area contributed by atoms with Gasteiger partial charge in [0.1, 0.15) is 12.4 Å². The van der Waals surface area contributed by atoms with Crippen LogP contribution in [0.25, 0.3) is 0 Å². The van der Waals surface area contributed by atoms with Crippen molar-refractivity contribution in [1.29, 1.82) is 0 Å². The smallest absolute Gasteiger partial charge is 0.257 e. The van der Waals surface area contributed by atoms with Gasteiger partial charge in [-0.15, -0.1) is 11.3 Å². The molecule has 0 bridgehead atoms. The zero-order chi connectivity index (χ0) is 12.8. The largest absolute Gasteiger partial charge is 0.492 e. The first-order valence-electron chi connectivity index (χ1n) is 5.43. The zero-order valence-electron chi connectivity index (χ0n) is 9.63. The second kappa shape index (κ2) is 6.13. The van der Waals surface area contributed by atoms with Crippen molar-refractivity contribution in [3.05, 3.63) is 41.4 Å². The van der Waals surface area contributed by atoms with Crippen LogP contribution in [0, 0.1) is 0 Å². The van der Waals surface area contributed by atoms with E-state index in [0.717, 1.165) is 0 Å². The van der Waals surface area contributed by atoms with Gasteiger partial charge in [0.25, 0.3) is 5.91 Å². The van der Waals surface area contributed by atoms with Crippen LogP contribution in [-0.2, 0) is 0 Å². The number of rotatable bonds is 5. The number of aromatic nitrogens is 1. The van der Waals surface area contributed by atoms with Gasteiger partial charge in [-0.05, 0) is 24.3 Å². The molecule has 0 aliphatic carbocycles. The molecule has 6 heteroatoms. The number of benzene rings is 1. The molecule has 1 heterocycles. The summed E-state index contributed by atoms with van der Waals surface area (Å²) >= 11 is 1.38. The summed E-state index contributed by atoms with van der Waals surface area (Å²) in [5, 5.41) is 5.10. The predicted octanol–water partition coefficient (Wildman–Crippen LogP) is 1.73. The topological polar surface area (TPSA) is 77.2 Å². The van der Waals surface area contributed by atoms with Crippen molar-refractivity contribution in [3.8, 4) is 5.75 Å². The molecule has 5 nitrogen and oxygen atoms in total. The first-order valence-corrected chi connectivity index (χ1v) is 6.31. The van der Waals surface area contributed by atoms with E-state index in [0.29, 0.717) is 29.6 Å². The van der Waals surface area contributed by atoms with Gasteiger partial charge in [0, 0.05) is 23.7 Å². The molecule has 0 spiro atoms. The van der Waals surface area contributed by atoms with Crippen molar-refractivity contribution in [2.24, 2.45) is 5.73 Å². The molecule has 0 atom stereocenters. The fraction of sp³-hybridized carbons (Fsp3) is 0.167. The summed E-state index contributed by atoms with van der Waals surface area (Å²) in [6, 6.07) is 6.89. The fourth-order valence-corrected chi connectivity index (χ4v) is 1.86. The third kappa shape index (κ3) is 3.28. The van der Waals surface area contributed by atoms with Crippen LogP contribution >= 0.6 is 11.3 Å². The lowest BCUT2D eigenvalue weighted by molar-refractivity contribution is 0.102. The van der Waals surface area contributed by atoms with Crippen LogP contribution in [0.3, 0.4) is 0 Å². The van der Waals surface area contributed by atoms with Crippen LogP contribution in [-0.4, -0.2) is 24.0 Å². The molecule has 18 heavy (non-hydrogen) atoms. The van der Waals surface area contributed by atoms with E-state index in [1.54, 1.807) is 35.8 Å². The number of carbonyl (C=O) groups excluding carboxylic acids is 1. The van der Waals surface area contributed by atoms with Gasteiger partial charge in [0.2, 0.25) is 0 Å². The van der Waals surface area contributed by atoms with Gasteiger partial charge < -0.3 is 10.5 Å². The van der Waals surface area contributed by atoms with E-state index in [4.69, 9.17) is 10.5 Å². The Morgan fingerprint density at radius 1 is 1.39 bits per heavy atom. The summed E-state index contributed by atoms with van der Waals surface area (Å²) in [7, 11) is 0. The molecule has 94 valence electrons. The van der Waals surface area contributed by atoms with Crippen LogP contribution < -0.4 is 15.8 Å². The fourth-order valence-electron chi connectivity index (χ4n) is 1.33. The summed E-state index contributed by atoms with van der Waals surface area (Å²) in [6.45, 7) is 0.928. The quantitative estimate of drug-likeness (QED) is 0.861. The van der Waals surface area contributed by atoms with Crippen LogP contribution in [0.5, 0.6) is 5.75 Å². The maximum atomic E-state index is 11.8. The first kappa shape index (κ1) is 12.5. The monoisotopic (exact) mass is 263 g/mol. The SMILES string of the molecule is NCCOc1ccc(C(=O)Nc2nccs2)cc1. The molecule has 2 rings (SSSR count). The van der Waals surface area contributed by atoms with E-state index in [2.05, 4.69) is 10.3 Å². The standard InChI is InChI=1S/C12H13N3O2S/c13-5-7-17-10-3-1-9(2-4-10)11(16)15-12-14-6-8-18-12/h1-4,6,8H,5,7,13H2,(H,14,15,16). The Labute approximate surface area is 109 Å². The van der Waals surface area contributed by atoms with Crippen molar-refractivity contribution in [2.45, 2.75) is 0 Å². The molecule has 0 radical (unpaired) electrons. The number of thiazole rings is 1. The average Bonchev–Trinajstić information content (AvgIpc) is 2.89. The van der Waals surface area contributed by atoms with Gasteiger partial charge in [-0.3, -0.25) is 10.1 Å². The first-order chi connectivity index (χ1) is 8.79. The summed E-state index contributed by atoms with van der Waals surface area (Å²) < 4.78 is 5.33. The van der Waals surface area contributed by atoms with Crippen molar-refractivity contribution in [3.63, 3.8) is 0 Å². The Hall–Kier alpha value is -1.92. The van der Waals surface area contributed by atoms with Crippen molar-refractivity contribution in [2.75, 3.05) is 18.5 Å². The van der Waals surface area contributed by atoms with E-state index in [1.165, 1.54) is 11.3 Å². The number of nitrogens with zero attached hydrogens (tertiary/aromatic N) is 1. The third-order valence-electron chi connectivity index (χ3n) is 2.16. The molecule has 0 aliphatic heterocycles. The predicted molar refractivity (Wildman–Crippen MR) is 71.1 cm³/mol. The normalized spacial score (nSPS) is 10.1. The van der Waals surface area contributed by atoms with E-state index >= 15 is 0 Å². The van der Waals surface area contributed by atoms with E-state index in [-0.39, 0.29) is 5.91 Å². The van der Waals surface area contributed by atoms with Gasteiger partial charge >= 0.3 is 0 Å². The Morgan fingerprint density at radius 2 is 2.17 bits per heavy atom. The minimum absolute atomic E-state index is 0.185. The van der Waals surface area contributed by atoms with Crippen LogP contribution in [0.2, 0.25) is 0 Å². The van der Waals surface area contributed by atoms with Gasteiger partial charge in [-0.1, -0.05) is 0 Å². The Bertz CT molecular complexity index is 497. The molecule has 0 saturated heterocycles. The third-order valence-corrected chi connectivity index (χ3v) is 2.84. The lowest BCUT2D eigenvalue weighted by Crippen LogP contribution is -2.12. The molecular formula is C12H13N3O2S. The molecule has 0 aliphatic rings. The van der Waals surface area contributed by atoms with Gasteiger partial charge in [0.05, 0.1) is 0 Å². The Kier molecular flexibility index (Phi) is 4.27. The number of carbonyl (C=O) groups is 1. The number of amides is 1. The summed E-state index contributed by atoms with van der Waals surface area (Å²) in [5.41, 5.74) is 5.90. The van der Waals surface area contributed by atoms with E-state index < -0.39 is 0 Å². The van der Waals surface area contributed by atoms with E-state index in [1.807, 2.05) is 0 Å². The molecule has 1 amide bonds. The van der Waals surface area contributed by atoms with Crippen molar-refractivity contribution >= 4 is 22.4 Å². The molecule has 1 aromatic carbocycles. The highest BCUT2D eigenvalue weighted by atomic mass is 32.1. The van der Waals surface area contributed by atoms with Crippen LogP contribution in [0.15, 0.2) is 35.8 Å². The second-order valence-corrected chi connectivity index (χ2v) is 4.35. The van der Waals surface area contributed by atoms with Crippen LogP contribution in [0.1, 0.15) is 10.4 Å². The Balaban J connectivity index is 1.98. The van der Waals surface area contributed by atoms with Gasteiger partial charge in [-0.2, -0.15) is 0 Å². The maximum Gasteiger partial charge on any atom is 0.257 e. The molecule has 2 aromatic rings. The number of ether oxygens (including phenoxy) is 1. The van der Waals surface area contributed by atoms with Gasteiger partial charge in [-0.25, -0.2) is 4.98 Å². The maximum absolute atomic E-state index is 11.8. The number of hydrogen-bond acceptors (Lipinski definition) is 5. The molecule has 0 unspecified atom stereocenters. The lowest BCUT2D eigenvalue weighted by Gasteiger charge is -2.05. The number of nitrogens with two attached hydrogens (primary N) is 1. The molecule has 0 saturated carbocycles. The highest BCUT2D eigenvalue weighted by Gasteiger charge is 2.07. The molecule has 1 aromatic heterocycles. The molecule has 3 N–H and O–H groups in total. The highest BCUT2D eigenvalue weighted by Crippen LogP contribution is 2.15. The lowest BCUT2D eigenvalue weighted by atomic mass is 10.2. The van der Waals surface area contributed by atoms with Crippen molar-refractivity contribution < 1.29 is 9.53 Å². The second-order valence-electron chi connectivity index (χ2n) is 3.45. The Morgan fingerprint density at radius 3 is 2.78 bits per heavy atom. The minimum Gasteiger partial charge on any atom is -0.492 e. The molecular weight excluding hydrogens is 250 g/mol. The van der Waals surface area contributed by atoms with Crippen molar-refractivity contribution in [1.82, 2.24) is 4.98 Å². The zero-order valence-corrected chi connectivity index (χ0v) is 10.4. The summed E-state index contributed by atoms with van der Waals surface area (Å²) in [6.07, 6.45) is 1.64. The van der Waals surface area contributed by atoms with E-state index in [9.17, 15) is 4.79 Å². The molecule has 0 fully saturated rings. The number of hydrogen-bond donors (Lipinski definition) is 2. The number of nitrogens with one attached hydrogen (secondary N) is 1. The highest BCUT2D eigenvalue weighted by molar-refractivity contribution is 7.13. The number of anilines is 1.